The van der Waals surface area contributed by atoms with Crippen LogP contribution in [0.2, 0.25) is 0 Å². The number of benzene rings is 1. The number of nitriles is 1. The van der Waals surface area contributed by atoms with Crippen molar-refractivity contribution in [1.29, 1.82) is 5.26 Å². The second kappa shape index (κ2) is 6.18. The second-order valence-corrected chi connectivity index (χ2v) is 6.47. The molecule has 0 radical (unpaired) electrons. The van der Waals surface area contributed by atoms with Crippen LogP contribution in [0.3, 0.4) is 0 Å². The number of methoxy groups -OCH3 is 1. The molecule has 0 bridgehead atoms. The molecule has 0 unspecified atom stereocenters. The van der Waals surface area contributed by atoms with E-state index in [1.54, 1.807) is 13.0 Å². The highest BCUT2D eigenvalue weighted by Gasteiger charge is 2.18. The molecule has 0 aliphatic carbocycles. The Kier molecular flexibility index (Phi) is 4.47. The van der Waals surface area contributed by atoms with Crippen LogP contribution in [0.25, 0.3) is 11.3 Å². The molecule has 0 fully saturated rings. The van der Waals surface area contributed by atoms with E-state index in [1.165, 1.54) is 19.5 Å². The van der Waals surface area contributed by atoms with E-state index in [0.29, 0.717) is 5.56 Å². The van der Waals surface area contributed by atoms with Crippen LogP contribution in [0, 0.1) is 24.1 Å². The minimum Gasteiger partial charge on any atom is -0.481 e. The average Bonchev–Trinajstić information content (AvgIpc) is 2.48. The number of nitrogens with zero attached hydrogens (tertiary/aromatic N) is 3. The summed E-state index contributed by atoms with van der Waals surface area (Å²) in [7, 11) is -2.20. The van der Waals surface area contributed by atoms with Crippen molar-refractivity contribution in [3.8, 4) is 23.2 Å². The van der Waals surface area contributed by atoms with Gasteiger partial charge >= 0.3 is 0 Å². The molecule has 0 saturated heterocycles. The van der Waals surface area contributed by atoms with Crippen molar-refractivity contribution in [3.63, 3.8) is 0 Å². The molecule has 2 rings (SSSR count). The molecule has 0 atom stereocenters. The topological polar surface area (TPSA) is 105 Å². The smallest absolute Gasteiger partial charge is 0.229 e. The van der Waals surface area contributed by atoms with Gasteiger partial charge in [0.2, 0.25) is 15.9 Å². The fraction of sp³-hybridized carbons (Fsp3) is 0.214. The van der Waals surface area contributed by atoms with Gasteiger partial charge in [-0.2, -0.15) is 5.26 Å². The quantitative estimate of drug-likeness (QED) is 0.913. The summed E-state index contributed by atoms with van der Waals surface area (Å²) in [6, 6.07) is 3.93. The Bertz CT molecular complexity index is 907. The number of hydrogen-bond donors (Lipinski definition) is 1. The van der Waals surface area contributed by atoms with E-state index in [0.717, 1.165) is 12.3 Å². The van der Waals surface area contributed by atoms with Crippen molar-refractivity contribution in [2.75, 3.05) is 18.1 Å². The van der Waals surface area contributed by atoms with E-state index in [9.17, 15) is 12.8 Å². The molecule has 1 aromatic carbocycles. The molecule has 9 heteroatoms. The lowest BCUT2D eigenvalue weighted by Gasteiger charge is -2.12. The number of anilines is 1. The molecule has 0 amide bonds. The lowest BCUT2D eigenvalue weighted by Crippen LogP contribution is -2.11. The van der Waals surface area contributed by atoms with Crippen LogP contribution in [0.5, 0.6) is 5.88 Å². The van der Waals surface area contributed by atoms with Crippen LogP contribution in [0.15, 0.2) is 18.5 Å². The second-order valence-electron chi connectivity index (χ2n) is 4.72. The Morgan fingerprint density at radius 3 is 2.61 bits per heavy atom. The zero-order chi connectivity index (χ0) is 17.2. The predicted octanol–water partition coefficient (Wildman–Crippen LogP) is 1.84. The van der Waals surface area contributed by atoms with Crippen molar-refractivity contribution >= 4 is 15.7 Å². The Labute approximate surface area is 132 Å². The Morgan fingerprint density at radius 2 is 2.04 bits per heavy atom. The summed E-state index contributed by atoms with van der Waals surface area (Å²) in [5.74, 6) is -0.430. The van der Waals surface area contributed by atoms with Gasteiger partial charge < -0.3 is 4.74 Å². The average molecular weight is 336 g/mol. The highest BCUT2D eigenvalue weighted by Crippen LogP contribution is 2.32. The number of aromatic nitrogens is 2. The Balaban J connectivity index is 2.69. The molecule has 0 aliphatic heterocycles. The van der Waals surface area contributed by atoms with Gasteiger partial charge in [-0.25, -0.2) is 22.8 Å². The molecule has 120 valence electrons. The van der Waals surface area contributed by atoms with Crippen LogP contribution in [-0.2, 0) is 10.0 Å². The van der Waals surface area contributed by atoms with Crippen molar-refractivity contribution in [2.24, 2.45) is 0 Å². The van der Waals surface area contributed by atoms with E-state index in [4.69, 9.17) is 10.00 Å². The molecule has 0 spiro atoms. The molecule has 1 heterocycles. The summed E-state index contributed by atoms with van der Waals surface area (Å²) in [5.41, 5.74) is 0.617. The number of hydrogen-bond acceptors (Lipinski definition) is 6. The van der Waals surface area contributed by atoms with Gasteiger partial charge in [-0.05, 0) is 19.1 Å². The lowest BCUT2D eigenvalue weighted by molar-refractivity contribution is 0.393. The number of rotatable bonds is 4. The van der Waals surface area contributed by atoms with Crippen molar-refractivity contribution in [3.05, 3.63) is 35.4 Å². The van der Waals surface area contributed by atoms with Crippen molar-refractivity contribution in [1.82, 2.24) is 9.97 Å². The number of halogens is 1. The molecule has 0 saturated carbocycles. The van der Waals surface area contributed by atoms with Gasteiger partial charge in [0.25, 0.3) is 0 Å². The van der Waals surface area contributed by atoms with Gasteiger partial charge in [0, 0.05) is 11.1 Å². The standard InChI is InChI=1S/C14H13FN4O3S/c1-8-13(17-7-18-14(8)22-2)10-5-12(19-23(3,20)21)9(6-16)4-11(10)15/h4-5,7,19H,1-3H3. The van der Waals surface area contributed by atoms with E-state index >= 15 is 0 Å². The first-order valence-corrected chi connectivity index (χ1v) is 8.23. The highest BCUT2D eigenvalue weighted by molar-refractivity contribution is 7.92. The molecule has 23 heavy (non-hydrogen) atoms. The number of nitrogens with one attached hydrogen (secondary N) is 1. The molecular weight excluding hydrogens is 323 g/mol. The summed E-state index contributed by atoms with van der Waals surface area (Å²) in [6.07, 6.45) is 2.15. The van der Waals surface area contributed by atoms with E-state index < -0.39 is 15.8 Å². The minimum atomic E-state index is -3.63. The van der Waals surface area contributed by atoms with Crippen LogP contribution in [0.1, 0.15) is 11.1 Å². The van der Waals surface area contributed by atoms with Crippen molar-refractivity contribution in [2.45, 2.75) is 6.92 Å². The Hall–Kier alpha value is -2.73. The van der Waals surface area contributed by atoms with Gasteiger partial charge in [-0.15, -0.1) is 0 Å². The minimum absolute atomic E-state index is 0.0246. The van der Waals surface area contributed by atoms with Gasteiger partial charge in [0.05, 0.1) is 30.3 Å². The SMILES string of the molecule is COc1ncnc(-c2cc(NS(C)(=O)=O)c(C#N)cc2F)c1C. The largest absolute Gasteiger partial charge is 0.481 e. The molecule has 7 nitrogen and oxygen atoms in total. The summed E-state index contributed by atoms with van der Waals surface area (Å²) in [4.78, 5) is 7.93. The molecular formula is C14H13FN4O3S. The first kappa shape index (κ1) is 16.6. The van der Waals surface area contributed by atoms with Crippen LogP contribution >= 0.6 is 0 Å². The number of ether oxygens (including phenoxy) is 1. The monoisotopic (exact) mass is 336 g/mol. The first-order valence-electron chi connectivity index (χ1n) is 6.34. The molecule has 0 aliphatic rings. The maximum atomic E-state index is 14.3. The fourth-order valence-electron chi connectivity index (χ4n) is 2.04. The van der Waals surface area contributed by atoms with E-state index in [1.807, 2.05) is 0 Å². The third-order valence-corrected chi connectivity index (χ3v) is 3.60. The van der Waals surface area contributed by atoms with Gasteiger partial charge in [-0.1, -0.05) is 0 Å². The number of sulfonamides is 1. The highest BCUT2D eigenvalue weighted by atomic mass is 32.2. The van der Waals surface area contributed by atoms with Gasteiger partial charge in [-0.3, -0.25) is 4.72 Å². The van der Waals surface area contributed by atoms with Gasteiger partial charge in [0.15, 0.2) is 0 Å². The maximum absolute atomic E-state index is 14.3. The summed E-state index contributed by atoms with van der Waals surface area (Å²) < 4.78 is 44.4. The summed E-state index contributed by atoms with van der Waals surface area (Å²) >= 11 is 0. The zero-order valence-corrected chi connectivity index (χ0v) is 13.4. The van der Waals surface area contributed by atoms with E-state index in [2.05, 4.69) is 14.7 Å². The maximum Gasteiger partial charge on any atom is 0.229 e. The van der Waals surface area contributed by atoms with Crippen LogP contribution < -0.4 is 9.46 Å². The zero-order valence-electron chi connectivity index (χ0n) is 12.6. The normalized spacial score (nSPS) is 10.9. The van der Waals surface area contributed by atoms with Crippen molar-refractivity contribution < 1.29 is 17.5 Å². The lowest BCUT2D eigenvalue weighted by atomic mass is 10.0. The molecule has 1 N–H and O–H groups in total. The van der Waals surface area contributed by atoms with Gasteiger partial charge in [0.1, 0.15) is 18.2 Å². The molecule has 2 aromatic rings. The predicted molar refractivity (Wildman–Crippen MR) is 81.9 cm³/mol. The first-order chi connectivity index (χ1) is 10.8. The van der Waals surface area contributed by atoms with E-state index in [-0.39, 0.29) is 28.4 Å². The molecule has 1 aromatic heterocycles. The van der Waals surface area contributed by atoms with Crippen LogP contribution in [-0.4, -0.2) is 31.8 Å². The summed E-state index contributed by atoms with van der Waals surface area (Å²) in [5, 5.41) is 9.04. The summed E-state index contributed by atoms with van der Waals surface area (Å²) in [6.45, 7) is 1.65. The third-order valence-electron chi connectivity index (χ3n) is 3.01. The fourth-order valence-corrected chi connectivity index (χ4v) is 2.61. The van der Waals surface area contributed by atoms with Crippen LogP contribution in [0.4, 0.5) is 10.1 Å². The third kappa shape index (κ3) is 3.54. The Morgan fingerprint density at radius 1 is 1.35 bits per heavy atom.